The second-order valence-corrected chi connectivity index (χ2v) is 13.8. The standard InChI is InChI=1S/C38H50N6O4/c1-26(2)44-25-33(23-41-44)32-17-18-40-36(21-32)43(37(45)31-12-14-34(15-13-31)48-38(46)42-19-6-20-42)24-29-8-10-30(11-9-29)27(3)7-16-35(47-5)28(4)22-39/h7,16-18,21,23,25-26,29-31,34H,3,6,8-15,19-20,24H2,1-2,4-5H3/b16-7-,35-28-. The van der Waals surface area contributed by atoms with Gasteiger partial charge in [-0.3, -0.25) is 14.4 Å². The third-order valence-corrected chi connectivity index (χ3v) is 10.2. The van der Waals surface area contributed by atoms with Crippen molar-refractivity contribution in [2.45, 2.75) is 90.7 Å². The number of likely N-dealkylation sites (tertiary alicyclic amines) is 1. The van der Waals surface area contributed by atoms with Gasteiger partial charge in [-0.1, -0.05) is 18.2 Å². The van der Waals surface area contributed by atoms with Crippen molar-refractivity contribution in [3.8, 4) is 17.2 Å². The number of pyridine rings is 1. The van der Waals surface area contributed by atoms with Crippen molar-refractivity contribution >= 4 is 17.8 Å². The highest BCUT2D eigenvalue weighted by molar-refractivity contribution is 5.94. The SMILES string of the molecule is C=C(/C=C\C(OC)=C(/C)C#N)C1CCC(CN(C(=O)C2CCC(OC(=O)N3CCC3)CC2)c2cc(-c3cnn(C(C)C)c3)ccn2)CC1. The lowest BCUT2D eigenvalue weighted by atomic mass is 9.78. The summed E-state index contributed by atoms with van der Waals surface area (Å²) in [6.07, 6.45) is 16.8. The normalized spacial score (nSPS) is 23.2. The minimum absolute atomic E-state index is 0.103. The van der Waals surface area contributed by atoms with Gasteiger partial charge in [-0.2, -0.15) is 10.4 Å². The van der Waals surface area contributed by atoms with Crippen LogP contribution in [0.25, 0.3) is 11.1 Å². The van der Waals surface area contributed by atoms with E-state index in [0.29, 0.717) is 61.2 Å². The first-order valence-corrected chi connectivity index (χ1v) is 17.5. The molecule has 2 aromatic heterocycles. The van der Waals surface area contributed by atoms with Crippen LogP contribution in [-0.4, -0.2) is 64.5 Å². The van der Waals surface area contributed by atoms with E-state index in [1.807, 2.05) is 46.3 Å². The molecule has 1 saturated heterocycles. The molecule has 10 heteroatoms. The second-order valence-electron chi connectivity index (χ2n) is 13.8. The zero-order valence-corrected chi connectivity index (χ0v) is 28.9. The fraction of sp³-hybridized carbons (Fsp3) is 0.553. The first-order valence-electron chi connectivity index (χ1n) is 17.5. The van der Waals surface area contributed by atoms with Crippen LogP contribution in [0.2, 0.25) is 0 Å². The van der Waals surface area contributed by atoms with E-state index in [2.05, 4.69) is 31.6 Å². The summed E-state index contributed by atoms with van der Waals surface area (Å²) < 4.78 is 13.1. The van der Waals surface area contributed by atoms with Crippen molar-refractivity contribution in [1.29, 1.82) is 5.26 Å². The maximum Gasteiger partial charge on any atom is 0.410 e. The van der Waals surface area contributed by atoms with E-state index >= 15 is 0 Å². The lowest BCUT2D eigenvalue weighted by Crippen LogP contribution is -2.45. The highest BCUT2D eigenvalue weighted by Gasteiger charge is 2.35. The van der Waals surface area contributed by atoms with Gasteiger partial charge in [0.05, 0.1) is 24.9 Å². The maximum absolute atomic E-state index is 14.3. The van der Waals surface area contributed by atoms with E-state index in [-0.39, 0.29) is 30.1 Å². The third-order valence-electron chi connectivity index (χ3n) is 10.2. The van der Waals surface area contributed by atoms with Crippen molar-refractivity contribution < 1.29 is 19.1 Å². The molecule has 3 aliphatic rings. The Morgan fingerprint density at radius 2 is 1.79 bits per heavy atom. The molecule has 256 valence electrons. The van der Waals surface area contributed by atoms with Crippen LogP contribution in [0.4, 0.5) is 10.6 Å². The third kappa shape index (κ3) is 8.55. The fourth-order valence-electron chi connectivity index (χ4n) is 6.87. The summed E-state index contributed by atoms with van der Waals surface area (Å²) in [5, 5.41) is 13.7. The number of methoxy groups -OCH3 is 1. The monoisotopic (exact) mass is 654 g/mol. The molecular formula is C38H50N6O4. The highest BCUT2D eigenvalue weighted by Crippen LogP contribution is 2.36. The number of aromatic nitrogens is 3. The summed E-state index contributed by atoms with van der Waals surface area (Å²) in [6.45, 7) is 12.4. The topological polar surface area (TPSA) is 114 Å². The molecule has 2 saturated carbocycles. The van der Waals surface area contributed by atoms with Gasteiger partial charge in [0.25, 0.3) is 0 Å². The number of nitriles is 1. The molecule has 10 nitrogen and oxygen atoms in total. The smallest absolute Gasteiger partial charge is 0.410 e. The largest absolute Gasteiger partial charge is 0.496 e. The van der Waals surface area contributed by atoms with E-state index in [1.54, 1.807) is 25.1 Å². The molecule has 3 fully saturated rings. The summed E-state index contributed by atoms with van der Waals surface area (Å²) >= 11 is 0. The van der Waals surface area contributed by atoms with Crippen LogP contribution >= 0.6 is 0 Å². The summed E-state index contributed by atoms with van der Waals surface area (Å²) in [7, 11) is 1.57. The Hall–Kier alpha value is -4.39. The summed E-state index contributed by atoms with van der Waals surface area (Å²) in [4.78, 5) is 35.1. The van der Waals surface area contributed by atoms with Crippen LogP contribution < -0.4 is 4.90 Å². The van der Waals surface area contributed by atoms with Gasteiger partial charge in [0, 0.05) is 49.6 Å². The lowest BCUT2D eigenvalue weighted by Gasteiger charge is -2.36. The molecule has 0 atom stereocenters. The van der Waals surface area contributed by atoms with E-state index < -0.39 is 0 Å². The van der Waals surface area contributed by atoms with Crippen LogP contribution in [0.1, 0.15) is 84.6 Å². The van der Waals surface area contributed by atoms with Gasteiger partial charge in [0.1, 0.15) is 17.7 Å². The number of carbonyl (C=O) groups is 2. The first kappa shape index (κ1) is 34.9. The molecule has 0 radical (unpaired) electrons. The van der Waals surface area contributed by atoms with Crippen molar-refractivity contribution in [2.24, 2.45) is 17.8 Å². The lowest BCUT2D eigenvalue weighted by molar-refractivity contribution is -0.124. The van der Waals surface area contributed by atoms with Gasteiger partial charge in [0.15, 0.2) is 0 Å². The Kier molecular flexibility index (Phi) is 11.7. The number of allylic oxidation sites excluding steroid dienone is 4. The van der Waals surface area contributed by atoms with E-state index in [1.165, 1.54) is 0 Å². The second kappa shape index (κ2) is 16.1. The van der Waals surface area contributed by atoms with Crippen LogP contribution in [0.15, 0.2) is 66.4 Å². The number of rotatable bonds is 11. The summed E-state index contributed by atoms with van der Waals surface area (Å²) in [5.41, 5.74) is 3.54. The van der Waals surface area contributed by atoms with Crippen molar-refractivity contribution in [3.05, 3.63) is 66.4 Å². The number of carbonyl (C=O) groups excluding carboxylic acids is 2. The number of ether oxygens (including phenoxy) is 2. The van der Waals surface area contributed by atoms with Gasteiger partial charge in [0.2, 0.25) is 5.91 Å². The molecule has 0 unspecified atom stereocenters. The van der Waals surface area contributed by atoms with Crippen molar-refractivity contribution in [1.82, 2.24) is 19.7 Å². The Bertz CT molecular complexity index is 1550. The number of anilines is 1. The molecule has 48 heavy (non-hydrogen) atoms. The quantitative estimate of drug-likeness (QED) is 0.139. The Morgan fingerprint density at radius 1 is 1.08 bits per heavy atom. The molecule has 5 rings (SSSR count). The number of hydrogen-bond acceptors (Lipinski definition) is 7. The summed E-state index contributed by atoms with van der Waals surface area (Å²) in [6, 6.07) is 6.37. The van der Waals surface area contributed by atoms with E-state index in [4.69, 9.17) is 14.5 Å². The van der Waals surface area contributed by atoms with Gasteiger partial charge in [-0.15, -0.1) is 0 Å². The molecule has 3 heterocycles. The minimum Gasteiger partial charge on any atom is -0.496 e. The Balaban J connectivity index is 1.27. The zero-order chi connectivity index (χ0) is 34.2. The molecular weight excluding hydrogens is 604 g/mol. The van der Waals surface area contributed by atoms with Gasteiger partial charge in [-0.25, -0.2) is 9.78 Å². The average molecular weight is 655 g/mol. The van der Waals surface area contributed by atoms with Crippen LogP contribution in [-0.2, 0) is 14.3 Å². The molecule has 0 bridgehead atoms. The minimum atomic E-state index is -0.221. The molecule has 2 aliphatic carbocycles. The molecule has 2 aromatic rings. The molecule has 0 aromatic carbocycles. The molecule has 0 N–H and O–H groups in total. The predicted molar refractivity (Wildman–Crippen MR) is 186 cm³/mol. The van der Waals surface area contributed by atoms with Crippen LogP contribution in [0.5, 0.6) is 0 Å². The van der Waals surface area contributed by atoms with Gasteiger partial charge >= 0.3 is 6.09 Å². The van der Waals surface area contributed by atoms with Gasteiger partial charge in [-0.05, 0) is 114 Å². The van der Waals surface area contributed by atoms with Crippen LogP contribution in [0, 0.1) is 29.1 Å². The van der Waals surface area contributed by atoms with Crippen LogP contribution in [0.3, 0.4) is 0 Å². The summed E-state index contributed by atoms with van der Waals surface area (Å²) in [5.74, 6) is 1.86. The van der Waals surface area contributed by atoms with Crippen molar-refractivity contribution in [2.75, 3.05) is 31.6 Å². The van der Waals surface area contributed by atoms with E-state index in [9.17, 15) is 14.9 Å². The Labute approximate surface area is 285 Å². The molecule has 2 amide bonds. The maximum atomic E-state index is 14.3. The average Bonchev–Trinajstić information content (AvgIpc) is 3.58. The zero-order valence-electron chi connectivity index (χ0n) is 28.9. The molecule has 1 aliphatic heterocycles. The van der Waals surface area contributed by atoms with Gasteiger partial charge < -0.3 is 14.4 Å². The number of hydrogen-bond donors (Lipinski definition) is 0. The first-order chi connectivity index (χ1) is 23.2. The fourth-order valence-corrected chi connectivity index (χ4v) is 6.87. The highest BCUT2D eigenvalue weighted by atomic mass is 16.6. The van der Waals surface area contributed by atoms with Crippen molar-refractivity contribution in [3.63, 3.8) is 0 Å². The van der Waals surface area contributed by atoms with E-state index in [0.717, 1.165) is 61.9 Å². The Morgan fingerprint density at radius 3 is 2.40 bits per heavy atom. The number of amides is 2. The predicted octanol–water partition coefficient (Wildman–Crippen LogP) is 7.62. The number of nitrogens with zero attached hydrogens (tertiary/aromatic N) is 6. The molecule has 0 spiro atoms.